The number of anilines is 1. The molecule has 6 nitrogen and oxygen atoms in total. The van der Waals surface area contributed by atoms with Crippen LogP contribution in [0.3, 0.4) is 0 Å². The number of halogens is 2. The maximum absolute atomic E-state index is 13.3. The normalized spacial score (nSPS) is 21.2. The highest BCUT2D eigenvalue weighted by atomic mass is 19.3. The monoisotopic (exact) mass is 361 g/mol. The van der Waals surface area contributed by atoms with Crippen molar-refractivity contribution in [2.75, 3.05) is 31.1 Å². The third-order valence-corrected chi connectivity index (χ3v) is 5.37. The molecule has 2 aliphatic rings. The van der Waals surface area contributed by atoms with E-state index in [9.17, 15) is 13.6 Å². The third kappa shape index (κ3) is 3.32. The number of rotatable bonds is 2. The molecule has 2 aromatic rings. The van der Waals surface area contributed by atoms with Gasteiger partial charge in [0.1, 0.15) is 12.1 Å². The van der Waals surface area contributed by atoms with Gasteiger partial charge >= 0.3 is 0 Å². The number of fused-ring (bicyclic) bond motifs is 1. The Morgan fingerprint density at radius 3 is 2.58 bits per heavy atom. The summed E-state index contributed by atoms with van der Waals surface area (Å²) in [4.78, 5) is 29.2. The van der Waals surface area contributed by atoms with E-state index in [1.165, 1.54) is 6.33 Å². The van der Waals surface area contributed by atoms with Crippen LogP contribution in [0.4, 0.5) is 14.6 Å². The largest absolute Gasteiger partial charge is 0.356 e. The summed E-state index contributed by atoms with van der Waals surface area (Å²) in [6.45, 7) is 1.76. The maximum atomic E-state index is 13.3. The summed E-state index contributed by atoms with van der Waals surface area (Å²) in [7, 11) is 0. The first-order valence-corrected chi connectivity index (χ1v) is 9.00. The zero-order valence-electron chi connectivity index (χ0n) is 14.4. The number of hydrogen-bond acceptors (Lipinski definition) is 5. The predicted molar refractivity (Wildman–Crippen MR) is 93.0 cm³/mol. The van der Waals surface area contributed by atoms with E-state index in [4.69, 9.17) is 0 Å². The summed E-state index contributed by atoms with van der Waals surface area (Å²) >= 11 is 0. The second-order valence-corrected chi connectivity index (χ2v) is 7.03. The van der Waals surface area contributed by atoms with Crippen molar-refractivity contribution in [2.24, 2.45) is 5.92 Å². The highest BCUT2D eigenvalue weighted by molar-refractivity contribution is 5.88. The minimum absolute atomic E-state index is 0.0249. The lowest BCUT2D eigenvalue weighted by atomic mass is 9.94. The summed E-state index contributed by atoms with van der Waals surface area (Å²) in [5.74, 6) is -1.83. The Labute approximate surface area is 150 Å². The number of carbonyl (C=O) groups is 1. The Balaban J connectivity index is 1.40. The minimum Gasteiger partial charge on any atom is -0.356 e. The fraction of sp³-hybridized carbons (Fsp3) is 0.556. The van der Waals surface area contributed by atoms with Crippen molar-refractivity contribution in [1.29, 1.82) is 0 Å². The van der Waals surface area contributed by atoms with E-state index in [0.717, 1.165) is 29.8 Å². The van der Waals surface area contributed by atoms with Gasteiger partial charge in [-0.25, -0.2) is 18.7 Å². The van der Waals surface area contributed by atoms with Gasteiger partial charge in [-0.2, -0.15) is 0 Å². The molecule has 4 rings (SSSR count). The molecule has 26 heavy (non-hydrogen) atoms. The van der Waals surface area contributed by atoms with E-state index >= 15 is 0 Å². The minimum atomic E-state index is -2.62. The van der Waals surface area contributed by atoms with Gasteiger partial charge in [-0.1, -0.05) is 0 Å². The van der Waals surface area contributed by atoms with Gasteiger partial charge in [-0.05, 0) is 18.9 Å². The molecular weight excluding hydrogens is 340 g/mol. The molecule has 0 radical (unpaired) electrons. The van der Waals surface area contributed by atoms with Crippen LogP contribution in [0.1, 0.15) is 25.7 Å². The average Bonchev–Trinajstić information content (AvgIpc) is 2.67. The summed E-state index contributed by atoms with van der Waals surface area (Å²) < 4.78 is 26.6. The van der Waals surface area contributed by atoms with Gasteiger partial charge in [0.05, 0.1) is 11.7 Å². The number of amides is 1. The molecule has 0 atom stereocenters. The van der Waals surface area contributed by atoms with Gasteiger partial charge in [-0.3, -0.25) is 9.78 Å². The molecule has 0 aromatic carbocycles. The summed E-state index contributed by atoms with van der Waals surface area (Å²) in [5.41, 5.74) is 0.796. The Kier molecular flexibility index (Phi) is 4.42. The lowest BCUT2D eigenvalue weighted by molar-refractivity contribution is -0.142. The van der Waals surface area contributed by atoms with E-state index in [0.29, 0.717) is 12.8 Å². The zero-order chi connectivity index (χ0) is 18.1. The number of carbonyl (C=O) groups excluding carboxylic acids is 1. The third-order valence-electron chi connectivity index (χ3n) is 5.37. The zero-order valence-corrected chi connectivity index (χ0v) is 14.4. The van der Waals surface area contributed by atoms with Gasteiger partial charge in [-0.15, -0.1) is 0 Å². The van der Waals surface area contributed by atoms with Gasteiger partial charge in [0, 0.05) is 56.5 Å². The highest BCUT2D eigenvalue weighted by Gasteiger charge is 2.38. The van der Waals surface area contributed by atoms with Crippen molar-refractivity contribution in [3.05, 3.63) is 24.8 Å². The van der Waals surface area contributed by atoms with Crippen molar-refractivity contribution in [1.82, 2.24) is 19.9 Å². The molecule has 0 N–H and O–H groups in total. The van der Waals surface area contributed by atoms with E-state index < -0.39 is 5.92 Å². The van der Waals surface area contributed by atoms with E-state index in [1.807, 2.05) is 6.07 Å². The van der Waals surface area contributed by atoms with Crippen molar-refractivity contribution in [3.8, 4) is 0 Å². The Morgan fingerprint density at radius 2 is 1.85 bits per heavy atom. The molecule has 2 fully saturated rings. The second kappa shape index (κ2) is 6.74. The smallest absolute Gasteiger partial charge is 0.251 e. The predicted octanol–water partition coefficient (Wildman–Crippen LogP) is 2.50. The van der Waals surface area contributed by atoms with E-state index in [2.05, 4.69) is 19.9 Å². The lowest BCUT2D eigenvalue weighted by Crippen LogP contribution is -2.47. The number of aromatic nitrogens is 3. The van der Waals surface area contributed by atoms with Crippen LogP contribution in [0, 0.1) is 5.92 Å². The first-order valence-electron chi connectivity index (χ1n) is 9.00. The fourth-order valence-corrected chi connectivity index (χ4v) is 3.80. The molecule has 8 heteroatoms. The highest BCUT2D eigenvalue weighted by Crippen LogP contribution is 2.31. The molecule has 0 bridgehead atoms. The molecule has 2 saturated heterocycles. The molecule has 0 unspecified atom stereocenters. The van der Waals surface area contributed by atoms with Crippen LogP contribution in [0.5, 0.6) is 0 Å². The van der Waals surface area contributed by atoms with Crippen LogP contribution in [-0.2, 0) is 4.79 Å². The fourth-order valence-electron chi connectivity index (χ4n) is 3.80. The maximum Gasteiger partial charge on any atom is 0.251 e. The van der Waals surface area contributed by atoms with Crippen molar-refractivity contribution >= 4 is 22.6 Å². The Bertz CT molecular complexity index is 792. The van der Waals surface area contributed by atoms with Crippen molar-refractivity contribution in [2.45, 2.75) is 31.6 Å². The Hall–Kier alpha value is -2.38. The standard InChI is InChI=1S/C18H21F2N5O/c19-18(20)4-9-25(10-5-18)17(26)13-2-7-24(8-3-13)16-14-1-6-21-11-15(14)22-12-23-16/h1,6,11-13H,2-5,7-10H2. The van der Waals surface area contributed by atoms with Gasteiger partial charge < -0.3 is 9.80 Å². The molecular formula is C18H21F2N5O. The molecule has 1 amide bonds. The molecule has 2 aromatic heterocycles. The van der Waals surface area contributed by atoms with Crippen molar-refractivity contribution < 1.29 is 13.6 Å². The van der Waals surface area contributed by atoms with Gasteiger partial charge in [0.2, 0.25) is 5.91 Å². The average molecular weight is 361 g/mol. The first-order chi connectivity index (χ1) is 12.5. The molecule has 0 spiro atoms. The molecule has 0 aliphatic carbocycles. The number of nitrogens with zero attached hydrogens (tertiary/aromatic N) is 5. The molecule has 0 saturated carbocycles. The van der Waals surface area contributed by atoms with Gasteiger partial charge in [0.25, 0.3) is 5.92 Å². The number of hydrogen-bond donors (Lipinski definition) is 0. The number of likely N-dealkylation sites (tertiary alicyclic amines) is 1. The summed E-state index contributed by atoms with van der Waals surface area (Å²) in [5, 5.41) is 0.950. The van der Waals surface area contributed by atoms with Crippen LogP contribution >= 0.6 is 0 Å². The SMILES string of the molecule is O=C(C1CCN(c2ncnc3cnccc23)CC1)N1CCC(F)(F)CC1. The Morgan fingerprint density at radius 1 is 1.12 bits per heavy atom. The second-order valence-electron chi connectivity index (χ2n) is 7.03. The van der Waals surface area contributed by atoms with Crippen LogP contribution in [0.2, 0.25) is 0 Å². The van der Waals surface area contributed by atoms with Crippen LogP contribution in [0.25, 0.3) is 10.9 Å². The topological polar surface area (TPSA) is 62.2 Å². The lowest BCUT2D eigenvalue weighted by Gasteiger charge is -2.37. The first kappa shape index (κ1) is 17.1. The van der Waals surface area contributed by atoms with Crippen LogP contribution in [0.15, 0.2) is 24.8 Å². The summed E-state index contributed by atoms with van der Waals surface area (Å²) in [6, 6.07) is 1.90. The number of alkyl halides is 2. The quantitative estimate of drug-likeness (QED) is 0.822. The molecule has 138 valence electrons. The van der Waals surface area contributed by atoms with E-state index in [-0.39, 0.29) is 37.8 Å². The van der Waals surface area contributed by atoms with Gasteiger partial charge in [0.15, 0.2) is 0 Å². The van der Waals surface area contributed by atoms with E-state index in [1.54, 1.807) is 17.3 Å². The van der Waals surface area contributed by atoms with Crippen molar-refractivity contribution in [3.63, 3.8) is 0 Å². The van der Waals surface area contributed by atoms with Crippen LogP contribution in [-0.4, -0.2) is 57.9 Å². The number of pyridine rings is 1. The number of piperidine rings is 2. The molecule has 4 heterocycles. The van der Waals surface area contributed by atoms with Crippen LogP contribution < -0.4 is 4.90 Å². The molecule has 2 aliphatic heterocycles. The summed E-state index contributed by atoms with van der Waals surface area (Å²) in [6.07, 6.45) is 5.94.